The fraction of sp³-hybridized carbons (Fsp3) is 0.500. The Balaban J connectivity index is 2.68. The Morgan fingerprint density at radius 3 is 2.62 bits per heavy atom. The van der Waals surface area contributed by atoms with Gasteiger partial charge in [-0.3, -0.25) is 0 Å². The Bertz CT molecular complexity index is 344. The minimum absolute atomic E-state index is 0.0618. The first-order valence-electron chi connectivity index (χ1n) is 5.33. The number of thioether (sulfide) groups is 1. The van der Waals surface area contributed by atoms with Gasteiger partial charge in [0.1, 0.15) is 0 Å². The molecule has 90 valence electrons. The van der Waals surface area contributed by atoms with E-state index in [1.807, 2.05) is 13.8 Å². The Hall–Kier alpha value is -0.0300. The molecule has 0 aliphatic rings. The first-order valence-corrected chi connectivity index (χ1v) is 7.11. The lowest BCUT2D eigenvalue weighted by Gasteiger charge is -2.11. The van der Waals surface area contributed by atoms with E-state index >= 15 is 0 Å². The van der Waals surface area contributed by atoms with E-state index in [0.717, 1.165) is 15.8 Å². The fourth-order valence-electron chi connectivity index (χ4n) is 1.20. The summed E-state index contributed by atoms with van der Waals surface area (Å²) >= 11 is 5.30. The maximum atomic E-state index is 8.96. The zero-order valence-corrected chi connectivity index (χ0v) is 12.0. The molecule has 2 atom stereocenters. The van der Waals surface area contributed by atoms with E-state index in [9.17, 15) is 0 Å². The predicted molar refractivity (Wildman–Crippen MR) is 73.7 cm³/mol. The highest BCUT2D eigenvalue weighted by molar-refractivity contribution is 9.10. The Labute approximate surface area is 110 Å². The molecule has 1 aromatic carbocycles. The molecule has 0 radical (unpaired) electrons. The Kier molecular flexibility index (Phi) is 5.83. The van der Waals surface area contributed by atoms with E-state index in [-0.39, 0.29) is 12.6 Å². The summed E-state index contributed by atoms with van der Waals surface area (Å²) in [5.41, 5.74) is 6.95. The smallest absolute Gasteiger partial charge is 0.0464 e. The molecule has 1 rings (SSSR count). The van der Waals surface area contributed by atoms with Crippen LogP contribution in [-0.4, -0.2) is 17.5 Å². The number of halogens is 1. The molecule has 1 aromatic rings. The van der Waals surface area contributed by atoms with E-state index in [4.69, 9.17) is 10.8 Å². The minimum atomic E-state index is 0.0618. The number of aliphatic hydroxyl groups is 1. The summed E-state index contributed by atoms with van der Waals surface area (Å²) in [5.74, 6) is 1.25. The van der Waals surface area contributed by atoms with E-state index in [1.54, 1.807) is 11.8 Å². The number of benzene rings is 1. The third-order valence-corrected chi connectivity index (χ3v) is 4.64. The molecule has 0 heterocycles. The van der Waals surface area contributed by atoms with Gasteiger partial charge >= 0.3 is 0 Å². The first kappa shape index (κ1) is 14.0. The molecule has 0 amide bonds. The zero-order chi connectivity index (χ0) is 12.1. The van der Waals surface area contributed by atoms with Gasteiger partial charge in [-0.1, -0.05) is 13.0 Å². The van der Waals surface area contributed by atoms with Crippen LogP contribution in [0.3, 0.4) is 0 Å². The largest absolute Gasteiger partial charge is 0.396 e. The zero-order valence-electron chi connectivity index (χ0n) is 9.61. The lowest BCUT2D eigenvalue weighted by molar-refractivity contribution is 0.250. The van der Waals surface area contributed by atoms with Crippen LogP contribution < -0.4 is 5.73 Å². The van der Waals surface area contributed by atoms with Gasteiger partial charge in [0, 0.05) is 27.8 Å². The van der Waals surface area contributed by atoms with Crippen molar-refractivity contribution in [3.05, 3.63) is 28.2 Å². The van der Waals surface area contributed by atoms with Gasteiger partial charge in [0.25, 0.3) is 0 Å². The molecule has 1 unspecified atom stereocenters. The summed E-state index contributed by atoms with van der Waals surface area (Å²) in [7, 11) is 0. The summed E-state index contributed by atoms with van der Waals surface area (Å²) in [6.45, 7) is 4.25. The van der Waals surface area contributed by atoms with Crippen LogP contribution in [0.25, 0.3) is 0 Å². The molecule has 4 heteroatoms. The number of nitrogens with two attached hydrogens (primary N) is 1. The van der Waals surface area contributed by atoms with Crippen molar-refractivity contribution in [3.63, 3.8) is 0 Å². The molecule has 2 nitrogen and oxygen atoms in total. The molecule has 0 saturated carbocycles. The minimum Gasteiger partial charge on any atom is -0.396 e. The Morgan fingerprint density at radius 2 is 2.12 bits per heavy atom. The van der Waals surface area contributed by atoms with Gasteiger partial charge in [-0.2, -0.15) is 0 Å². The van der Waals surface area contributed by atoms with Crippen molar-refractivity contribution in [2.45, 2.75) is 24.8 Å². The maximum Gasteiger partial charge on any atom is 0.0464 e. The fourth-order valence-corrected chi connectivity index (χ4v) is 2.87. The van der Waals surface area contributed by atoms with Crippen molar-refractivity contribution in [1.29, 1.82) is 0 Å². The SMILES string of the molecule is CC(CO)CSc1ccc([C@H](C)N)cc1Br. The molecule has 0 fully saturated rings. The van der Waals surface area contributed by atoms with E-state index in [0.29, 0.717) is 5.92 Å². The average molecular weight is 304 g/mol. The van der Waals surface area contributed by atoms with Gasteiger partial charge in [0.2, 0.25) is 0 Å². The highest BCUT2D eigenvalue weighted by atomic mass is 79.9. The third-order valence-electron chi connectivity index (χ3n) is 2.32. The first-order chi connectivity index (χ1) is 7.54. The van der Waals surface area contributed by atoms with Crippen LogP contribution in [0.5, 0.6) is 0 Å². The second kappa shape index (κ2) is 6.64. The molecular formula is C12H18BrNOS. The van der Waals surface area contributed by atoms with Crippen LogP contribution in [-0.2, 0) is 0 Å². The number of aliphatic hydroxyl groups excluding tert-OH is 1. The van der Waals surface area contributed by atoms with Gasteiger partial charge in [-0.05, 0) is 46.5 Å². The van der Waals surface area contributed by atoms with Gasteiger partial charge in [-0.25, -0.2) is 0 Å². The molecule has 0 bridgehead atoms. The highest BCUT2D eigenvalue weighted by Gasteiger charge is 2.07. The molecule has 3 N–H and O–H groups in total. The maximum absolute atomic E-state index is 8.96. The van der Waals surface area contributed by atoms with Gasteiger partial charge in [-0.15, -0.1) is 11.8 Å². The summed E-state index contributed by atoms with van der Waals surface area (Å²) in [6.07, 6.45) is 0. The van der Waals surface area contributed by atoms with Crippen molar-refractivity contribution >= 4 is 27.7 Å². The summed E-state index contributed by atoms with van der Waals surface area (Å²) in [4.78, 5) is 1.20. The quantitative estimate of drug-likeness (QED) is 0.821. The summed E-state index contributed by atoms with van der Waals surface area (Å²) in [6, 6.07) is 6.27. The topological polar surface area (TPSA) is 46.2 Å². The molecular weight excluding hydrogens is 286 g/mol. The predicted octanol–water partition coefficient (Wildman–Crippen LogP) is 3.19. The lowest BCUT2D eigenvalue weighted by atomic mass is 10.1. The average Bonchev–Trinajstić information content (AvgIpc) is 2.26. The van der Waals surface area contributed by atoms with Crippen molar-refractivity contribution in [1.82, 2.24) is 0 Å². The van der Waals surface area contributed by atoms with Crippen LogP contribution in [0, 0.1) is 5.92 Å². The third kappa shape index (κ3) is 4.09. The van der Waals surface area contributed by atoms with E-state index < -0.39 is 0 Å². The number of hydrogen-bond donors (Lipinski definition) is 2. The number of hydrogen-bond acceptors (Lipinski definition) is 3. The van der Waals surface area contributed by atoms with Crippen LogP contribution >= 0.6 is 27.7 Å². The van der Waals surface area contributed by atoms with Crippen molar-refractivity contribution in [2.75, 3.05) is 12.4 Å². The number of rotatable bonds is 5. The van der Waals surface area contributed by atoms with Gasteiger partial charge < -0.3 is 10.8 Å². The summed E-state index contributed by atoms with van der Waals surface area (Å²) in [5, 5.41) is 8.96. The second-order valence-electron chi connectivity index (χ2n) is 4.08. The van der Waals surface area contributed by atoms with E-state index in [2.05, 4.69) is 34.1 Å². The lowest BCUT2D eigenvalue weighted by Crippen LogP contribution is -2.05. The van der Waals surface area contributed by atoms with Crippen molar-refractivity contribution < 1.29 is 5.11 Å². The molecule has 0 aliphatic carbocycles. The normalized spacial score (nSPS) is 14.8. The van der Waals surface area contributed by atoms with Gasteiger partial charge in [0.05, 0.1) is 0 Å². The van der Waals surface area contributed by atoms with Crippen molar-refractivity contribution in [3.8, 4) is 0 Å². The van der Waals surface area contributed by atoms with Crippen molar-refractivity contribution in [2.24, 2.45) is 11.7 Å². The summed E-state index contributed by atoms with van der Waals surface area (Å²) < 4.78 is 1.08. The highest BCUT2D eigenvalue weighted by Crippen LogP contribution is 2.30. The molecule has 16 heavy (non-hydrogen) atoms. The second-order valence-corrected chi connectivity index (χ2v) is 5.99. The van der Waals surface area contributed by atoms with Crippen LogP contribution in [0.4, 0.5) is 0 Å². The standard InChI is InChI=1S/C12H18BrNOS/c1-8(6-15)7-16-12-4-3-10(9(2)14)5-11(12)13/h3-5,8-9,15H,6-7,14H2,1-2H3/t8?,9-/m0/s1. The van der Waals surface area contributed by atoms with E-state index in [1.165, 1.54) is 4.90 Å². The Morgan fingerprint density at radius 1 is 1.44 bits per heavy atom. The monoisotopic (exact) mass is 303 g/mol. The van der Waals surface area contributed by atoms with Crippen LogP contribution in [0.2, 0.25) is 0 Å². The molecule has 0 saturated heterocycles. The van der Waals surface area contributed by atoms with Gasteiger partial charge in [0.15, 0.2) is 0 Å². The van der Waals surface area contributed by atoms with Crippen LogP contribution in [0.1, 0.15) is 25.5 Å². The molecule has 0 aliphatic heterocycles. The van der Waals surface area contributed by atoms with Crippen LogP contribution in [0.15, 0.2) is 27.6 Å². The molecule has 0 aromatic heterocycles. The molecule has 0 spiro atoms.